The third-order valence-corrected chi connectivity index (χ3v) is 3.74. The summed E-state index contributed by atoms with van der Waals surface area (Å²) in [6.07, 6.45) is 5.35. The fourth-order valence-electron chi connectivity index (χ4n) is 2.19. The second-order valence-electron chi connectivity index (χ2n) is 5.04. The van der Waals surface area contributed by atoms with E-state index in [2.05, 4.69) is 0 Å². The van der Waals surface area contributed by atoms with E-state index in [4.69, 9.17) is 15.2 Å². The molecule has 0 radical (unpaired) electrons. The van der Waals surface area contributed by atoms with Crippen molar-refractivity contribution in [2.45, 2.75) is 31.7 Å². The minimum Gasteiger partial charge on any atom is -0.497 e. The predicted molar refractivity (Wildman–Crippen MR) is 72.7 cm³/mol. The molecule has 100 valence electrons. The Balaban J connectivity index is 1.67. The van der Waals surface area contributed by atoms with Gasteiger partial charge >= 0.3 is 0 Å². The van der Waals surface area contributed by atoms with Crippen LogP contribution in [-0.4, -0.2) is 20.3 Å². The van der Waals surface area contributed by atoms with Gasteiger partial charge in [-0.1, -0.05) is 31.4 Å². The van der Waals surface area contributed by atoms with E-state index in [0.29, 0.717) is 6.61 Å². The molecule has 0 aliphatic heterocycles. The third-order valence-electron chi connectivity index (χ3n) is 3.74. The molecule has 3 nitrogen and oxygen atoms in total. The lowest BCUT2D eigenvalue weighted by atomic mass is 9.83. The Morgan fingerprint density at radius 1 is 1.28 bits per heavy atom. The highest BCUT2D eigenvalue weighted by molar-refractivity contribution is 5.28. The summed E-state index contributed by atoms with van der Waals surface area (Å²) < 4.78 is 10.8. The first-order chi connectivity index (χ1) is 8.79. The number of nitrogens with two attached hydrogens (primary N) is 1. The van der Waals surface area contributed by atoms with Crippen molar-refractivity contribution in [2.24, 2.45) is 11.7 Å². The molecule has 0 aromatic heterocycles. The summed E-state index contributed by atoms with van der Waals surface area (Å²) in [6, 6.07) is 7.82. The van der Waals surface area contributed by atoms with E-state index in [0.717, 1.165) is 23.8 Å². The second-order valence-corrected chi connectivity index (χ2v) is 5.04. The fraction of sp³-hybridized carbons (Fsp3) is 0.600. The second kappa shape index (κ2) is 6.76. The Bertz CT molecular complexity index is 346. The summed E-state index contributed by atoms with van der Waals surface area (Å²) in [4.78, 5) is 0. The maximum atomic E-state index is 6.08. The maximum Gasteiger partial charge on any atom is 0.118 e. The number of methoxy groups -OCH3 is 1. The Labute approximate surface area is 109 Å². The molecule has 2 N–H and O–H groups in total. The van der Waals surface area contributed by atoms with Crippen LogP contribution in [0.2, 0.25) is 0 Å². The molecule has 0 heterocycles. The highest BCUT2D eigenvalue weighted by Gasteiger charge is 2.16. The van der Waals surface area contributed by atoms with Crippen LogP contribution in [0.5, 0.6) is 5.75 Å². The van der Waals surface area contributed by atoms with Crippen molar-refractivity contribution in [3.63, 3.8) is 0 Å². The van der Waals surface area contributed by atoms with E-state index >= 15 is 0 Å². The number of hydrogen-bond donors (Lipinski definition) is 1. The largest absolute Gasteiger partial charge is 0.497 e. The van der Waals surface area contributed by atoms with Gasteiger partial charge in [0.25, 0.3) is 0 Å². The molecule has 1 aliphatic carbocycles. The van der Waals surface area contributed by atoms with E-state index in [1.54, 1.807) is 7.11 Å². The third kappa shape index (κ3) is 3.72. The zero-order valence-electron chi connectivity index (χ0n) is 11.1. The summed E-state index contributed by atoms with van der Waals surface area (Å²) in [5.74, 6) is 1.76. The smallest absolute Gasteiger partial charge is 0.118 e. The van der Waals surface area contributed by atoms with Crippen LogP contribution in [-0.2, 0) is 4.74 Å². The minimum atomic E-state index is -0.0442. The summed E-state index contributed by atoms with van der Waals surface area (Å²) in [6.45, 7) is 1.44. The van der Waals surface area contributed by atoms with Gasteiger partial charge in [-0.05, 0) is 30.0 Å². The fourth-order valence-corrected chi connectivity index (χ4v) is 2.19. The van der Waals surface area contributed by atoms with Crippen LogP contribution in [0.1, 0.15) is 37.3 Å². The molecular weight excluding hydrogens is 226 g/mol. The van der Waals surface area contributed by atoms with Crippen LogP contribution in [0.3, 0.4) is 0 Å². The summed E-state index contributed by atoms with van der Waals surface area (Å²) in [5, 5.41) is 0. The van der Waals surface area contributed by atoms with E-state index in [-0.39, 0.29) is 6.04 Å². The highest BCUT2D eigenvalue weighted by atomic mass is 16.5. The SMILES string of the molecule is COc1ccc(C(N)COCCC2CCC2)cc1. The normalized spacial score (nSPS) is 17.2. The molecule has 1 fully saturated rings. The number of benzene rings is 1. The van der Waals surface area contributed by atoms with Gasteiger partial charge in [0, 0.05) is 6.61 Å². The van der Waals surface area contributed by atoms with Crippen molar-refractivity contribution in [2.75, 3.05) is 20.3 Å². The van der Waals surface area contributed by atoms with Crippen LogP contribution >= 0.6 is 0 Å². The molecule has 1 atom stereocenters. The van der Waals surface area contributed by atoms with Crippen molar-refractivity contribution < 1.29 is 9.47 Å². The standard InChI is InChI=1S/C15H23NO2/c1-17-14-7-5-13(6-8-14)15(16)11-18-10-9-12-3-2-4-12/h5-8,12,15H,2-4,9-11,16H2,1H3. The van der Waals surface area contributed by atoms with E-state index in [1.165, 1.54) is 25.7 Å². The monoisotopic (exact) mass is 249 g/mol. The molecule has 1 aromatic carbocycles. The van der Waals surface area contributed by atoms with E-state index in [9.17, 15) is 0 Å². The highest BCUT2D eigenvalue weighted by Crippen LogP contribution is 2.29. The van der Waals surface area contributed by atoms with E-state index < -0.39 is 0 Å². The molecule has 1 aromatic rings. The number of rotatable bonds is 7. The lowest BCUT2D eigenvalue weighted by Crippen LogP contribution is -2.19. The number of hydrogen-bond acceptors (Lipinski definition) is 3. The molecule has 0 spiro atoms. The molecule has 1 saturated carbocycles. The molecule has 1 aliphatic rings. The Kier molecular flexibility index (Phi) is 5.02. The van der Waals surface area contributed by atoms with Crippen LogP contribution in [0.25, 0.3) is 0 Å². The Hall–Kier alpha value is -1.06. The predicted octanol–water partition coefficient (Wildman–Crippen LogP) is 2.90. The first-order valence-corrected chi connectivity index (χ1v) is 6.77. The summed E-state index contributed by atoms with van der Waals surface area (Å²) in [5.41, 5.74) is 7.18. The van der Waals surface area contributed by atoms with Crippen molar-refractivity contribution in [1.29, 1.82) is 0 Å². The first kappa shape index (κ1) is 13.4. The Morgan fingerprint density at radius 3 is 2.56 bits per heavy atom. The molecule has 0 saturated heterocycles. The van der Waals surface area contributed by atoms with Crippen molar-refractivity contribution in [3.05, 3.63) is 29.8 Å². The van der Waals surface area contributed by atoms with Gasteiger partial charge in [0.15, 0.2) is 0 Å². The van der Waals surface area contributed by atoms with Crippen LogP contribution in [0.4, 0.5) is 0 Å². The lowest BCUT2D eigenvalue weighted by molar-refractivity contribution is 0.0962. The average Bonchev–Trinajstić information content (AvgIpc) is 2.36. The minimum absolute atomic E-state index is 0.0442. The molecule has 2 rings (SSSR count). The maximum absolute atomic E-state index is 6.08. The topological polar surface area (TPSA) is 44.5 Å². The summed E-state index contributed by atoms with van der Waals surface area (Å²) in [7, 11) is 1.67. The van der Waals surface area contributed by atoms with E-state index in [1.807, 2.05) is 24.3 Å². The van der Waals surface area contributed by atoms with Crippen LogP contribution in [0.15, 0.2) is 24.3 Å². The Morgan fingerprint density at radius 2 is 2.00 bits per heavy atom. The molecule has 3 heteroatoms. The van der Waals surface area contributed by atoms with Crippen LogP contribution in [0, 0.1) is 5.92 Å². The van der Waals surface area contributed by atoms with Crippen molar-refractivity contribution in [3.8, 4) is 5.75 Å². The quantitative estimate of drug-likeness (QED) is 0.756. The van der Waals surface area contributed by atoms with Gasteiger partial charge in [-0.2, -0.15) is 0 Å². The van der Waals surface area contributed by atoms with Gasteiger partial charge in [0.2, 0.25) is 0 Å². The van der Waals surface area contributed by atoms with Gasteiger partial charge in [0.1, 0.15) is 5.75 Å². The molecule has 0 bridgehead atoms. The zero-order chi connectivity index (χ0) is 12.8. The van der Waals surface area contributed by atoms with Gasteiger partial charge in [-0.25, -0.2) is 0 Å². The molecular formula is C15H23NO2. The lowest BCUT2D eigenvalue weighted by Gasteiger charge is -2.25. The number of ether oxygens (including phenoxy) is 2. The molecule has 0 amide bonds. The van der Waals surface area contributed by atoms with Gasteiger partial charge in [-0.15, -0.1) is 0 Å². The molecule has 1 unspecified atom stereocenters. The van der Waals surface area contributed by atoms with Gasteiger partial charge in [-0.3, -0.25) is 0 Å². The van der Waals surface area contributed by atoms with Crippen molar-refractivity contribution in [1.82, 2.24) is 0 Å². The van der Waals surface area contributed by atoms with Gasteiger partial charge < -0.3 is 15.2 Å². The molecule has 18 heavy (non-hydrogen) atoms. The zero-order valence-corrected chi connectivity index (χ0v) is 11.1. The van der Waals surface area contributed by atoms with Gasteiger partial charge in [0.05, 0.1) is 19.8 Å². The van der Waals surface area contributed by atoms with Crippen molar-refractivity contribution >= 4 is 0 Å². The summed E-state index contributed by atoms with van der Waals surface area (Å²) >= 11 is 0. The van der Waals surface area contributed by atoms with Crippen LogP contribution < -0.4 is 10.5 Å². The first-order valence-electron chi connectivity index (χ1n) is 6.77. The average molecular weight is 249 g/mol.